The van der Waals surface area contributed by atoms with Gasteiger partial charge in [-0.1, -0.05) is 72.9 Å². The zero-order valence-electron chi connectivity index (χ0n) is 30.1. The first-order valence-corrected chi connectivity index (χ1v) is 18.1. The van der Waals surface area contributed by atoms with Gasteiger partial charge in [-0.3, -0.25) is 0 Å². The van der Waals surface area contributed by atoms with E-state index in [-0.39, 0.29) is 0 Å². The van der Waals surface area contributed by atoms with Crippen LogP contribution in [0, 0.1) is 0 Å². The molecule has 4 aromatic carbocycles. The van der Waals surface area contributed by atoms with Crippen molar-refractivity contribution in [2.75, 3.05) is 59.9 Å². The number of nitrogens with zero attached hydrogens (tertiary/aromatic N) is 4. The molecule has 1 aromatic heterocycles. The summed E-state index contributed by atoms with van der Waals surface area (Å²) in [6.07, 6.45) is 7.03. The van der Waals surface area contributed by atoms with Gasteiger partial charge in [0.1, 0.15) is 29.1 Å². The molecule has 0 unspecified atom stereocenters. The number of hydrogen-bond donors (Lipinski definition) is 0. The van der Waals surface area contributed by atoms with E-state index in [0.29, 0.717) is 0 Å². The number of ether oxygens (including phenoxy) is 2. The Hall–Kier alpha value is -4.59. The van der Waals surface area contributed by atoms with E-state index >= 15 is 0 Å². The van der Waals surface area contributed by atoms with Crippen molar-refractivity contribution in [1.29, 1.82) is 0 Å². The van der Waals surface area contributed by atoms with Crippen molar-refractivity contribution < 1.29 is 18.5 Å². The molecular formula is C42H50N4O2S+2. The van der Waals surface area contributed by atoms with E-state index < -0.39 is 0 Å². The van der Waals surface area contributed by atoms with E-state index in [1.807, 2.05) is 29.5 Å². The Kier molecular flexibility index (Phi) is 10.4. The highest BCUT2D eigenvalue weighted by atomic mass is 32.1. The van der Waals surface area contributed by atoms with E-state index in [4.69, 9.17) is 9.47 Å². The first-order chi connectivity index (χ1) is 23.7. The summed E-state index contributed by atoms with van der Waals surface area (Å²) in [5.74, 6) is 2.87. The number of rotatable bonds is 13. The van der Waals surface area contributed by atoms with Crippen LogP contribution >= 0.6 is 11.3 Å². The van der Waals surface area contributed by atoms with Crippen LogP contribution in [-0.4, -0.2) is 64.4 Å². The second kappa shape index (κ2) is 14.9. The average Bonchev–Trinajstić information content (AvgIpc) is 3.41. The predicted octanol–water partition coefficient (Wildman–Crippen LogP) is 8.62. The standard InChI is InChI=1S/C42H50N4O2S/c1-8-24-44(25-15-26-46(3,4)5)40-28-33(34-18-12-13-19-35(34)45(40)30-31-16-10-9-11-17-31)29-41-43(2)36-23-22-32(27-39(36)49-41)42-37(47-6)20-14-21-38(42)48-7/h9-14,16-23,27-29H,8,15,24-26,30H2,1-7H3/q+2. The van der Waals surface area contributed by atoms with Crippen LogP contribution < -0.4 is 18.9 Å². The summed E-state index contributed by atoms with van der Waals surface area (Å²) in [6, 6.07) is 32.3. The van der Waals surface area contributed by atoms with Crippen LogP contribution in [-0.2, 0) is 13.6 Å². The summed E-state index contributed by atoms with van der Waals surface area (Å²) in [4.78, 5) is 5.14. The maximum absolute atomic E-state index is 5.74. The Labute approximate surface area is 296 Å². The van der Waals surface area contributed by atoms with Crippen molar-refractivity contribution in [3.8, 4) is 22.6 Å². The first kappa shape index (κ1) is 34.3. The van der Waals surface area contributed by atoms with Crippen molar-refractivity contribution >= 4 is 38.9 Å². The number of para-hydroxylation sites is 1. The minimum absolute atomic E-state index is 0.802. The maximum Gasteiger partial charge on any atom is 0.263 e. The fraction of sp³-hybridized carbons (Fsp3) is 0.310. The lowest BCUT2D eigenvalue weighted by Crippen LogP contribution is -2.41. The van der Waals surface area contributed by atoms with Crippen LogP contribution in [0.2, 0.25) is 0 Å². The van der Waals surface area contributed by atoms with Crippen LogP contribution in [0.25, 0.3) is 33.0 Å². The van der Waals surface area contributed by atoms with Crippen molar-refractivity contribution in [3.63, 3.8) is 0 Å². The summed E-state index contributed by atoms with van der Waals surface area (Å²) in [6.45, 7) is 6.26. The van der Waals surface area contributed by atoms with Crippen molar-refractivity contribution in [1.82, 2.24) is 4.90 Å². The number of benzene rings is 4. The molecule has 1 aliphatic heterocycles. The molecule has 2 heterocycles. The number of anilines is 1. The summed E-state index contributed by atoms with van der Waals surface area (Å²) < 4.78 is 16.0. The molecule has 49 heavy (non-hydrogen) atoms. The highest BCUT2D eigenvalue weighted by Crippen LogP contribution is 2.42. The molecule has 0 radical (unpaired) electrons. The highest BCUT2D eigenvalue weighted by Gasteiger charge is 2.28. The van der Waals surface area contributed by atoms with Crippen molar-refractivity contribution in [2.45, 2.75) is 26.3 Å². The summed E-state index contributed by atoms with van der Waals surface area (Å²) >= 11 is 1.81. The van der Waals surface area contributed by atoms with E-state index in [1.165, 1.54) is 43.4 Å². The second-order valence-corrected chi connectivity index (χ2v) is 14.8. The maximum atomic E-state index is 5.74. The minimum Gasteiger partial charge on any atom is -0.496 e. The number of hydrogen-bond acceptors (Lipinski definition) is 5. The molecule has 0 amide bonds. The number of aromatic nitrogens is 1. The highest BCUT2D eigenvalue weighted by molar-refractivity contribution is 7.19. The molecule has 0 atom stereocenters. The molecule has 0 bridgehead atoms. The zero-order chi connectivity index (χ0) is 34.5. The largest absolute Gasteiger partial charge is 0.496 e. The Morgan fingerprint density at radius 2 is 1.57 bits per heavy atom. The SMILES string of the molecule is CCCN(CCC[N+](C)(C)C)C1=CC(=Cc2sc3cc(-c4c(OC)cccc4OC)ccc3[n+]2C)c2ccccc2N1Cc1ccccc1. The summed E-state index contributed by atoms with van der Waals surface area (Å²) in [5.41, 5.74) is 8.28. The molecule has 5 aromatic rings. The number of thiazole rings is 1. The van der Waals surface area contributed by atoms with Gasteiger partial charge in [0.2, 0.25) is 5.52 Å². The lowest BCUT2D eigenvalue weighted by atomic mass is 9.97. The lowest BCUT2D eigenvalue weighted by Gasteiger charge is -2.40. The van der Waals surface area contributed by atoms with Gasteiger partial charge in [-0.15, -0.1) is 0 Å². The molecule has 0 spiro atoms. The smallest absolute Gasteiger partial charge is 0.263 e. The molecule has 0 fully saturated rings. The summed E-state index contributed by atoms with van der Waals surface area (Å²) in [7, 11) is 12.4. The van der Waals surface area contributed by atoms with Gasteiger partial charge < -0.3 is 23.8 Å². The third kappa shape index (κ3) is 7.53. The van der Waals surface area contributed by atoms with Gasteiger partial charge in [-0.25, -0.2) is 0 Å². The number of methoxy groups -OCH3 is 2. The van der Waals surface area contributed by atoms with Gasteiger partial charge in [0.15, 0.2) is 0 Å². The van der Waals surface area contributed by atoms with E-state index in [9.17, 15) is 0 Å². The van der Waals surface area contributed by atoms with Crippen molar-refractivity contribution in [2.24, 2.45) is 7.05 Å². The number of aryl methyl sites for hydroxylation is 1. The number of fused-ring (bicyclic) bond motifs is 2. The van der Waals surface area contributed by atoms with Gasteiger partial charge in [0, 0.05) is 43.8 Å². The Bertz CT molecular complexity index is 1950. The molecule has 0 aliphatic carbocycles. The van der Waals surface area contributed by atoms with Gasteiger partial charge >= 0.3 is 0 Å². The second-order valence-electron chi connectivity index (χ2n) is 13.8. The molecule has 7 heteroatoms. The molecule has 0 saturated heterocycles. The fourth-order valence-corrected chi connectivity index (χ4v) is 7.90. The Balaban J connectivity index is 1.46. The average molecular weight is 675 g/mol. The molecule has 0 saturated carbocycles. The third-order valence-electron chi connectivity index (χ3n) is 9.19. The molecule has 6 rings (SSSR count). The third-order valence-corrected chi connectivity index (χ3v) is 10.3. The van der Waals surface area contributed by atoms with Gasteiger partial charge in [-0.05, 0) is 59.5 Å². The van der Waals surface area contributed by atoms with Gasteiger partial charge in [0.25, 0.3) is 5.01 Å². The topological polar surface area (TPSA) is 28.8 Å². The number of allylic oxidation sites excluding steroid dienone is 2. The van der Waals surface area contributed by atoms with Crippen molar-refractivity contribution in [3.05, 3.63) is 119 Å². The molecule has 6 nitrogen and oxygen atoms in total. The summed E-state index contributed by atoms with van der Waals surface area (Å²) in [5, 5.41) is 1.20. The van der Waals surface area contributed by atoms with Crippen LogP contribution in [0.1, 0.15) is 35.9 Å². The molecule has 0 N–H and O–H groups in total. The molecular weight excluding hydrogens is 625 g/mol. The van der Waals surface area contributed by atoms with E-state index in [0.717, 1.165) is 66.1 Å². The Morgan fingerprint density at radius 3 is 2.27 bits per heavy atom. The van der Waals surface area contributed by atoms with Gasteiger partial charge in [-0.2, -0.15) is 4.57 Å². The van der Waals surface area contributed by atoms with Crippen LogP contribution in [0.3, 0.4) is 0 Å². The quantitative estimate of drug-likeness (QED) is 0.0924. The minimum atomic E-state index is 0.802. The monoisotopic (exact) mass is 674 g/mol. The molecule has 1 aliphatic rings. The Morgan fingerprint density at radius 1 is 0.857 bits per heavy atom. The fourth-order valence-electron chi connectivity index (χ4n) is 6.75. The van der Waals surface area contributed by atoms with E-state index in [1.54, 1.807) is 14.2 Å². The van der Waals surface area contributed by atoms with Gasteiger partial charge in [0.05, 0.1) is 53.2 Å². The lowest BCUT2D eigenvalue weighted by molar-refractivity contribution is -0.870. The van der Waals surface area contributed by atoms with E-state index in [2.05, 4.69) is 134 Å². The normalized spacial score (nSPS) is 13.8. The van der Waals surface area contributed by atoms with Crippen LogP contribution in [0.4, 0.5) is 5.69 Å². The zero-order valence-corrected chi connectivity index (χ0v) is 30.9. The predicted molar refractivity (Wildman–Crippen MR) is 206 cm³/mol. The first-order valence-electron chi connectivity index (χ1n) is 17.2. The van der Waals surface area contributed by atoms with Crippen LogP contribution in [0.15, 0.2) is 103 Å². The number of quaternary nitrogens is 1. The van der Waals surface area contributed by atoms with Crippen LogP contribution in [0.5, 0.6) is 11.5 Å². The molecule has 254 valence electrons.